The van der Waals surface area contributed by atoms with Crippen LogP contribution in [0.25, 0.3) is 11.0 Å². The van der Waals surface area contributed by atoms with Crippen LogP contribution in [0.3, 0.4) is 0 Å². The number of hydrogen-bond donors (Lipinski definition) is 1. The lowest BCUT2D eigenvalue weighted by Gasteiger charge is -2.31. The molecule has 178 valence electrons. The van der Waals surface area contributed by atoms with Gasteiger partial charge in [-0.25, -0.2) is 4.79 Å². The van der Waals surface area contributed by atoms with E-state index in [9.17, 15) is 14.4 Å². The molecule has 0 spiro atoms. The highest BCUT2D eigenvalue weighted by molar-refractivity contribution is 5.97. The van der Waals surface area contributed by atoms with E-state index in [0.29, 0.717) is 49.4 Å². The minimum Gasteiger partial charge on any atom is -0.494 e. The van der Waals surface area contributed by atoms with E-state index in [2.05, 4.69) is 5.32 Å². The molecule has 0 atom stereocenters. The van der Waals surface area contributed by atoms with Gasteiger partial charge in [-0.05, 0) is 57.0 Å². The second-order valence-electron chi connectivity index (χ2n) is 8.23. The number of piperidine rings is 1. The Morgan fingerprint density at radius 3 is 2.53 bits per heavy atom. The minimum absolute atomic E-state index is 0.0439. The quantitative estimate of drug-likeness (QED) is 0.527. The maximum Gasteiger partial charge on any atom is 0.375 e. The number of amides is 2. The van der Waals surface area contributed by atoms with Crippen molar-refractivity contribution in [1.82, 2.24) is 4.90 Å². The van der Waals surface area contributed by atoms with Crippen molar-refractivity contribution in [2.45, 2.75) is 26.7 Å². The predicted molar refractivity (Wildman–Crippen MR) is 127 cm³/mol. The maximum absolute atomic E-state index is 12.6. The van der Waals surface area contributed by atoms with Crippen molar-refractivity contribution in [3.63, 3.8) is 0 Å². The first kappa shape index (κ1) is 23.4. The Bertz CT molecular complexity index is 1180. The van der Waals surface area contributed by atoms with Crippen LogP contribution < -0.4 is 10.1 Å². The summed E-state index contributed by atoms with van der Waals surface area (Å²) in [7, 11) is 0. The van der Waals surface area contributed by atoms with Crippen LogP contribution in [0, 0.1) is 12.8 Å². The zero-order chi connectivity index (χ0) is 24.1. The van der Waals surface area contributed by atoms with Crippen molar-refractivity contribution >= 4 is 34.4 Å². The molecule has 1 aromatic heterocycles. The molecule has 3 aromatic rings. The number of aryl methyl sites for hydroxylation is 1. The van der Waals surface area contributed by atoms with Crippen LogP contribution in [0.2, 0.25) is 0 Å². The smallest absolute Gasteiger partial charge is 0.375 e. The lowest BCUT2D eigenvalue weighted by Crippen LogP contribution is -2.43. The van der Waals surface area contributed by atoms with Crippen molar-refractivity contribution in [1.29, 1.82) is 0 Å². The summed E-state index contributed by atoms with van der Waals surface area (Å²) in [5.41, 5.74) is 1.95. The molecular weight excluding hydrogens is 436 g/mol. The van der Waals surface area contributed by atoms with Crippen LogP contribution in [0.1, 0.15) is 35.9 Å². The van der Waals surface area contributed by atoms with Gasteiger partial charge in [0.25, 0.3) is 5.91 Å². The summed E-state index contributed by atoms with van der Waals surface area (Å²) in [4.78, 5) is 39.3. The van der Waals surface area contributed by atoms with E-state index in [4.69, 9.17) is 13.9 Å². The molecule has 1 fully saturated rings. The number of nitrogens with zero attached hydrogens (tertiary/aromatic N) is 1. The summed E-state index contributed by atoms with van der Waals surface area (Å²) in [6.07, 6.45) is 1.12. The number of carbonyl (C=O) groups is 3. The summed E-state index contributed by atoms with van der Waals surface area (Å²) in [5.74, 6) is -0.411. The van der Waals surface area contributed by atoms with Gasteiger partial charge in [0.1, 0.15) is 11.3 Å². The van der Waals surface area contributed by atoms with Crippen molar-refractivity contribution in [3.05, 3.63) is 59.9 Å². The fourth-order valence-electron chi connectivity index (χ4n) is 4.09. The number of carbonyl (C=O) groups excluding carboxylic acids is 3. The SMILES string of the molecule is CCOc1ccc2oc(C(=O)OCC(=O)N3CCC(C(=O)Nc4ccccc4)CC3)c(C)c2c1. The van der Waals surface area contributed by atoms with Gasteiger partial charge in [-0.15, -0.1) is 0 Å². The normalized spacial score (nSPS) is 14.1. The van der Waals surface area contributed by atoms with Crippen LogP contribution in [0.4, 0.5) is 5.69 Å². The molecule has 0 unspecified atom stereocenters. The van der Waals surface area contributed by atoms with Crippen molar-refractivity contribution < 1.29 is 28.3 Å². The first-order chi connectivity index (χ1) is 16.5. The molecule has 1 aliphatic rings. The number of likely N-dealkylation sites (tertiary alicyclic amines) is 1. The average Bonchev–Trinajstić information content (AvgIpc) is 3.19. The van der Waals surface area contributed by atoms with Crippen molar-refractivity contribution in [2.75, 3.05) is 31.6 Å². The average molecular weight is 465 g/mol. The van der Waals surface area contributed by atoms with Crippen LogP contribution in [0.5, 0.6) is 5.75 Å². The third-order valence-electron chi connectivity index (χ3n) is 5.99. The van der Waals surface area contributed by atoms with Gasteiger partial charge in [-0.3, -0.25) is 9.59 Å². The topological polar surface area (TPSA) is 98.1 Å². The molecule has 8 nitrogen and oxygen atoms in total. The van der Waals surface area contributed by atoms with Crippen LogP contribution in [-0.2, 0) is 14.3 Å². The number of para-hydroxylation sites is 1. The summed E-state index contributed by atoms with van der Waals surface area (Å²) >= 11 is 0. The van der Waals surface area contributed by atoms with E-state index in [1.165, 1.54) is 0 Å². The van der Waals surface area contributed by atoms with Crippen LogP contribution in [-0.4, -0.2) is 49.0 Å². The third kappa shape index (κ3) is 5.22. The molecule has 0 radical (unpaired) electrons. The van der Waals surface area contributed by atoms with E-state index >= 15 is 0 Å². The summed E-state index contributed by atoms with van der Waals surface area (Å²) in [5, 5.41) is 3.67. The molecule has 2 amide bonds. The second kappa shape index (κ2) is 10.4. The van der Waals surface area contributed by atoms with E-state index < -0.39 is 5.97 Å². The fraction of sp³-hybridized carbons (Fsp3) is 0.346. The summed E-state index contributed by atoms with van der Waals surface area (Å²) in [6.45, 7) is 4.70. The Hall–Kier alpha value is -3.81. The van der Waals surface area contributed by atoms with Gasteiger partial charge in [0.2, 0.25) is 11.7 Å². The number of esters is 1. The van der Waals surface area contributed by atoms with E-state index in [0.717, 1.165) is 11.1 Å². The second-order valence-corrected chi connectivity index (χ2v) is 8.23. The number of anilines is 1. The van der Waals surface area contributed by atoms with Gasteiger partial charge < -0.3 is 24.1 Å². The minimum atomic E-state index is -0.683. The summed E-state index contributed by atoms with van der Waals surface area (Å²) < 4.78 is 16.4. The third-order valence-corrected chi connectivity index (χ3v) is 5.99. The Morgan fingerprint density at radius 2 is 1.82 bits per heavy atom. The van der Waals surface area contributed by atoms with Gasteiger partial charge in [-0.1, -0.05) is 18.2 Å². The van der Waals surface area contributed by atoms with E-state index in [1.54, 1.807) is 24.0 Å². The zero-order valence-corrected chi connectivity index (χ0v) is 19.3. The summed E-state index contributed by atoms with van der Waals surface area (Å²) in [6, 6.07) is 14.6. The first-order valence-electron chi connectivity index (χ1n) is 11.4. The van der Waals surface area contributed by atoms with Crippen LogP contribution >= 0.6 is 0 Å². The Morgan fingerprint density at radius 1 is 1.09 bits per heavy atom. The number of hydrogen-bond acceptors (Lipinski definition) is 6. The standard InChI is InChI=1S/C26H28N2O6/c1-3-32-20-9-10-22-21(15-20)17(2)24(34-22)26(31)33-16-23(29)28-13-11-18(12-14-28)25(30)27-19-7-5-4-6-8-19/h4-10,15,18H,3,11-14,16H2,1-2H3,(H,27,30). The molecule has 2 heterocycles. The molecule has 1 N–H and O–H groups in total. The highest BCUT2D eigenvalue weighted by Gasteiger charge is 2.28. The van der Waals surface area contributed by atoms with Gasteiger partial charge >= 0.3 is 5.97 Å². The molecular formula is C26H28N2O6. The molecule has 1 aliphatic heterocycles. The first-order valence-corrected chi connectivity index (χ1v) is 11.4. The van der Waals surface area contributed by atoms with E-state index in [1.807, 2.05) is 43.3 Å². The van der Waals surface area contributed by atoms with Gasteiger partial charge in [-0.2, -0.15) is 0 Å². The fourth-order valence-corrected chi connectivity index (χ4v) is 4.09. The van der Waals surface area contributed by atoms with Gasteiger partial charge in [0, 0.05) is 35.6 Å². The molecule has 34 heavy (non-hydrogen) atoms. The molecule has 0 saturated carbocycles. The molecule has 4 rings (SSSR count). The molecule has 8 heteroatoms. The van der Waals surface area contributed by atoms with Crippen molar-refractivity contribution in [3.8, 4) is 5.75 Å². The van der Waals surface area contributed by atoms with Crippen molar-refractivity contribution in [2.24, 2.45) is 5.92 Å². The Balaban J connectivity index is 1.28. The van der Waals surface area contributed by atoms with Gasteiger partial charge in [0.15, 0.2) is 6.61 Å². The largest absolute Gasteiger partial charge is 0.494 e. The van der Waals surface area contributed by atoms with E-state index in [-0.39, 0.29) is 30.1 Å². The molecule has 0 bridgehead atoms. The lowest BCUT2D eigenvalue weighted by atomic mass is 9.95. The number of fused-ring (bicyclic) bond motifs is 1. The lowest BCUT2D eigenvalue weighted by molar-refractivity contribution is -0.137. The predicted octanol–water partition coefficient (Wildman–Crippen LogP) is 4.17. The van der Waals surface area contributed by atoms with Gasteiger partial charge in [0.05, 0.1) is 6.61 Å². The number of benzene rings is 2. The van der Waals surface area contributed by atoms with Crippen LogP contribution in [0.15, 0.2) is 52.9 Å². The highest BCUT2D eigenvalue weighted by Crippen LogP contribution is 2.29. The Kier molecular flexibility index (Phi) is 7.15. The molecule has 0 aliphatic carbocycles. The highest BCUT2D eigenvalue weighted by atomic mass is 16.5. The monoisotopic (exact) mass is 464 g/mol. The number of ether oxygens (including phenoxy) is 2. The maximum atomic E-state index is 12.6. The Labute approximate surface area is 197 Å². The number of rotatable bonds is 7. The zero-order valence-electron chi connectivity index (χ0n) is 19.3. The number of furan rings is 1. The number of nitrogens with one attached hydrogen (secondary N) is 1. The molecule has 1 saturated heterocycles. The molecule has 2 aromatic carbocycles.